The summed E-state index contributed by atoms with van der Waals surface area (Å²) in [5.41, 5.74) is 2.63. The lowest BCUT2D eigenvalue weighted by Gasteiger charge is -2.29. The van der Waals surface area contributed by atoms with Crippen LogP contribution in [-0.2, 0) is 6.54 Å². The topological polar surface area (TPSA) is 15.3 Å². The number of nitrogens with zero attached hydrogens (tertiary/aromatic N) is 1. The van der Waals surface area contributed by atoms with E-state index in [1.807, 2.05) is 6.07 Å². The fourth-order valence-corrected chi connectivity index (χ4v) is 3.04. The summed E-state index contributed by atoms with van der Waals surface area (Å²) in [6.45, 7) is 5.22. The number of anilines is 1. The van der Waals surface area contributed by atoms with Crippen LogP contribution < -0.4 is 10.2 Å². The SMILES string of the molecule is CC(C)NCc1cc(Cl)ccc1N(C)C1CCCC1. The first-order chi connectivity index (χ1) is 9.08. The second-order valence-electron chi connectivity index (χ2n) is 5.86. The predicted molar refractivity (Wildman–Crippen MR) is 84.1 cm³/mol. The molecule has 1 fully saturated rings. The summed E-state index contributed by atoms with van der Waals surface area (Å²) >= 11 is 6.15. The van der Waals surface area contributed by atoms with E-state index in [4.69, 9.17) is 11.6 Å². The van der Waals surface area contributed by atoms with Crippen molar-refractivity contribution in [3.05, 3.63) is 28.8 Å². The minimum Gasteiger partial charge on any atom is -0.371 e. The molecule has 0 radical (unpaired) electrons. The Hall–Kier alpha value is -0.730. The Labute approximate surface area is 122 Å². The van der Waals surface area contributed by atoms with Gasteiger partial charge in [0.25, 0.3) is 0 Å². The van der Waals surface area contributed by atoms with E-state index in [1.54, 1.807) is 0 Å². The second kappa shape index (κ2) is 6.62. The van der Waals surface area contributed by atoms with Crippen LogP contribution in [0.5, 0.6) is 0 Å². The molecule has 0 bridgehead atoms. The molecule has 1 aliphatic carbocycles. The summed E-state index contributed by atoms with van der Waals surface area (Å²) in [7, 11) is 2.22. The van der Waals surface area contributed by atoms with E-state index < -0.39 is 0 Å². The number of rotatable bonds is 5. The quantitative estimate of drug-likeness (QED) is 0.869. The fourth-order valence-electron chi connectivity index (χ4n) is 2.84. The Morgan fingerprint density at radius 1 is 1.32 bits per heavy atom. The third-order valence-corrected chi connectivity index (χ3v) is 4.23. The molecule has 0 amide bonds. The van der Waals surface area contributed by atoms with Gasteiger partial charge < -0.3 is 10.2 Å². The van der Waals surface area contributed by atoms with Crippen molar-refractivity contribution in [1.29, 1.82) is 0 Å². The fraction of sp³-hybridized carbons (Fsp3) is 0.625. The highest BCUT2D eigenvalue weighted by Crippen LogP contribution is 2.30. The minimum absolute atomic E-state index is 0.489. The van der Waals surface area contributed by atoms with Crippen molar-refractivity contribution < 1.29 is 0 Å². The van der Waals surface area contributed by atoms with Gasteiger partial charge in [0, 0.05) is 36.4 Å². The smallest absolute Gasteiger partial charge is 0.0412 e. The van der Waals surface area contributed by atoms with Gasteiger partial charge in [-0.3, -0.25) is 0 Å². The summed E-state index contributed by atoms with van der Waals surface area (Å²) < 4.78 is 0. The van der Waals surface area contributed by atoms with Crippen molar-refractivity contribution in [1.82, 2.24) is 5.32 Å². The zero-order valence-electron chi connectivity index (χ0n) is 12.2. The van der Waals surface area contributed by atoms with E-state index in [0.717, 1.165) is 11.6 Å². The lowest BCUT2D eigenvalue weighted by Crippen LogP contribution is -2.31. The molecule has 0 aliphatic heterocycles. The van der Waals surface area contributed by atoms with Crippen molar-refractivity contribution in [2.75, 3.05) is 11.9 Å². The van der Waals surface area contributed by atoms with E-state index in [-0.39, 0.29) is 0 Å². The lowest BCUT2D eigenvalue weighted by molar-refractivity contribution is 0.584. The molecule has 1 N–H and O–H groups in total. The maximum absolute atomic E-state index is 6.15. The molecule has 0 spiro atoms. The molecule has 1 saturated carbocycles. The van der Waals surface area contributed by atoms with Crippen LogP contribution in [0, 0.1) is 0 Å². The standard InChI is InChI=1S/C16H25ClN2/c1-12(2)18-11-13-10-14(17)8-9-16(13)19(3)15-6-4-5-7-15/h8-10,12,15,18H,4-7,11H2,1-3H3. The van der Waals surface area contributed by atoms with Crippen LogP contribution in [0.15, 0.2) is 18.2 Å². The first-order valence-electron chi connectivity index (χ1n) is 7.32. The Bertz CT molecular complexity index is 411. The number of halogens is 1. The van der Waals surface area contributed by atoms with Gasteiger partial charge in [0.15, 0.2) is 0 Å². The highest BCUT2D eigenvalue weighted by atomic mass is 35.5. The highest BCUT2D eigenvalue weighted by Gasteiger charge is 2.21. The van der Waals surface area contributed by atoms with Gasteiger partial charge >= 0.3 is 0 Å². The van der Waals surface area contributed by atoms with Gasteiger partial charge in [-0.25, -0.2) is 0 Å². The molecule has 19 heavy (non-hydrogen) atoms. The molecule has 1 aromatic rings. The third kappa shape index (κ3) is 3.87. The molecule has 0 atom stereocenters. The monoisotopic (exact) mass is 280 g/mol. The molecule has 0 saturated heterocycles. The summed E-state index contributed by atoms with van der Waals surface area (Å²) in [4.78, 5) is 2.45. The Morgan fingerprint density at radius 3 is 2.63 bits per heavy atom. The van der Waals surface area contributed by atoms with Gasteiger partial charge in [-0.05, 0) is 36.6 Å². The number of hydrogen-bond acceptors (Lipinski definition) is 2. The van der Waals surface area contributed by atoms with E-state index in [9.17, 15) is 0 Å². The largest absolute Gasteiger partial charge is 0.371 e. The van der Waals surface area contributed by atoms with E-state index in [0.29, 0.717) is 12.1 Å². The van der Waals surface area contributed by atoms with Crippen molar-refractivity contribution in [2.24, 2.45) is 0 Å². The number of benzene rings is 1. The van der Waals surface area contributed by atoms with Gasteiger partial charge in [-0.2, -0.15) is 0 Å². The van der Waals surface area contributed by atoms with Gasteiger partial charge in [0.05, 0.1) is 0 Å². The Morgan fingerprint density at radius 2 is 2.00 bits per heavy atom. The molecule has 2 nitrogen and oxygen atoms in total. The van der Waals surface area contributed by atoms with Crippen molar-refractivity contribution >= 4 is 17.3 Å². The first kappa shape index (κ1) is 14.7. The summed E-state index contributed by atoms with van der Waals surface area (Å²) in [6.07, 6.45) is 5.36. The van der Waals surface area contributed by atoms with Crippen molar-refractivity contribution in [2.45, 2.75) is 58.2 Å². The predicted octanol–water partition coefficient (Wildman–Crippen LogP) is 4.22. The minimum atomic E-state index is 0.489. The van der Waals surface area contributed by atoms with Gasteiger partial charge in [0.1, 0.15) is 0 Å². The normalized spacial score (nSPS) is 16.3. The highest BCUT2D eigenvalue weighted by molar-refractivity contribution is 6.30. The van der Waals surface area contributed by atoms with Crippen LogP contribution in [0.3, 0.4) is 0 Å². The Balaban J connectivity index is 2.17. The maximum Gasteiger partial charge on any atom is 0.0412 e. The average Bonchev–Trinajstić information content (AvgIpc) is 2.89. The van der Waals surface area contributed by atoms with Crippen LogP contribution in [0.4, 0.5) is 5.69 Å². The molecule has 0 aromatic heterocycles. The molecule has 0 unspecified atom stereocenters. The van der Waals surface area contributed by atoms with Crippen LogP contribution in [-0.4, -0.2) is 19.1 Å². The summed E-state index contributed by atoms with van der Waals surface area (Å²) in [6, 6.07) is 7.44. The molecule has 106 valence electrons. The van der Waals surface area contributed by atoms with Gasteiger partial charge in [0.2, 0.25) is 0 Å². The van der Waals surface area contributed by atoms with Crippen LogP contribution in [0.2, 0.25) is 5.02 Å². The molecule has 0 heterocycles. The molecule has 3 heteroatoms. The lowest BCUT2D eigenvalue weighted by atomic mass is 10.1. The zero-order valence-corrected chi connectivity index (χ0v) is 13.0. The van der Waals surface area contributed by atoms with Gasteiger partial charge in [-0.1, -0.05) is 38.3 Å². The first-order valence-corrected chi connectivity index (χ1v) is 7.70. The van der Waals surface area contributed by atoms with Gasteiger partial charge in [-0.15, -0.1) is 0 Å². The van der Waals surface area contributed by atoms with E-state index in [2.05, 4.69) is 43.2 Å². The second-order valence-corrected chi connectivity index (χ2v) is 6.29. The van der Waals surface area contributed by atoms with Crippen molar-refractivity contribution in [3.8, 4) is 0 Å². The van der Waals surface area contributed by atoms with Crippen molar-refractivity contribution in [3.63, 3.8) is 0 Å². The maximum atomic E-state index is 6.15. The van der Waals surface area contributed by atoms with E-state index >= 15 is 0 Å². The molecule has 2 rings (SSSR count). The third-order valence-electron chi connectivity index (χ3n) is 3.99. The molecular weight excluding hydrogens is 256 g/mol. The van der Waals surface area contributed by atoms with E-state index in [1.165, 1.54) is 36.9 Å². The molecular formula is C16H25ClN2. The molecule has 1 aromatic carbocycles. The van der Waals surface area contributed by atoms with Crippen LogP contribution >= 0.6 is 11.6 Å². The zero-order chi connectivity index (χ0) is 13.8. The summed E-state index contributed by atoms with van der Waals surface area (Å²) in [5, 5.41) is 4.31. The number of hydrogen-bond donors (Lipinski definition) is 1. The van der Waals surface area contributed by atoms with Crippen LogP contribution in [0.25, 0.3) is 0 Å². The number of nitrogens with one attached hydrogen (secondary N) is 1. The average molecular weight is 281 g/mol. The van der Waals surface area contributed by atoms with Crippen LogP contribution in [0.1, 0.15) is 45.1 Å². The molecule has 1 aliphatic rings. The summed E-state index contributed by atoms with van der Waals surface area (Å²) in [5.74, 6) is 0. The Kier molecular flexibility index (Phi) is 5.12.